The fourth-order valence-electron chi connectivity index (χ4n) is 2.29. The third-order valence-corrected chi connectivity index (χ3v) is 4.52. The minimum Gasteiger partial charge on any atom is -0.292 e. The number of hydrogen-bond donors (Lipinski definition) is 0. The van der Waals surface area contributed by atoms with Gasteiger partial charge in [0.1, 0.15) is 5.92 Å². The van der Waals surface area contributed by atoms with Crippen molar-refractivity contribution in [1.29, 1.82) is 5.26 Å². The van der Waals surface area contributed by atoms with E-state index in [-0.39, 0.29) is 5.78 Å². The Labute approximate surface area is 131 Å². The molecule has 1 heterocycles. The Morgan fingerprint density at radius 2 is 2.00 bits per heavy atom. The Hall–Kier alpha value is -2.15. The van der Waals surface area contributed by atoms with Crippen molar-refractivity contribution in [3.8, 4) is 6.07 Å². The molecule has 0 saturated heterocycles. The highest BCUT2D eigenvalue weighted by Gasteiger charge is 2.24. The molecule has 2 nitrogen and oxygen atoms in total. The van der Waals surface area contributed by atoms with Crippen LogP contribution in [-0.2, 0) is 0 Å². The van der Waals surface area contributed by atoms with E-state index in [4.69, 9.17) is 11.6 Å². The quantitative estimate of drug-likeness (QED) is 0.635. The number of carbonyl (C=O) groups excluding carboxylic acids is 1. The van der Waals surface area contributed by atoms with Crippen LogP contribution in [0.1, 0.15) is 21.8 Å². The molecule has 0 N–H and O–H groups in total. The van der Waals surface area contributed by atoms with E-state index in [1.807, 2.05) is 29.6 Å². The maximum absolute atomic E-state index is 12.7. The number of nitriles is 1. The number of fused-ring (bicyclic) bond motifs is 1. The highest BCUT2D eigenvalue weighted by atomic mass is 35.5. The molecule has 0 spiro atoms. The van der Waals surface area contributed by atoms with Gasteiger partial charge in [0.2, 0.25) is 0 Å². The minimum absolute atomic E-state index is 0.183. The molecule has 1 aromatic heterocycles. The summed E-state index contributed by atoms with van der Waals surface area (Å²) in [5.41, 5.74) is 1.23. The summed E-state index contributed by atoms with van der Waals surface area (Å²) < 4.78 is 1.05. The zero-order chi connectivity index (χ0) is 14.8. The average Bonchev–Trinajstić information content (AvgIpc) is 2.92. The lowest BCUT2D eigenvalue weighted by Crippen LogP contribution is -2.10. The maximum Gasteiger partial charge on any atom is 0.185 e. The van der Waals surface area contributed by atoms with Crippen LogP contribution in [0.3, 0.4) is 0 Å². The van der Waals surface area contributed by atoms with Gasteiger partial charge in [0.05, 0.1) is 6.07 Å². The van der Waals surface area contributed by atoms with E-state index in [1.165, 1.54) is 11.3 Å². The van der Waals surface area contributed by atoms with Gasteiger partial charge in [-0.2, -0.15) is 5.26 Å². The van der Waals surface area contributed by atoms with Gasteiger partial charge in [0, 0.05) is 26.1 Å². The molecule has 102 valence electrons. The van der Waals surface area contributed by atoms with Gasteiger partial charge in [-0.1, -0.05) is 41.9 Å². The summed E-state index contributed by atoms with van der Waals surface area (Å²) >= 11 is 7.46. The molecule has 21 heavy (non-hydrogen) atoms. The molecule has 2 aromatic carbocycles. The summed E-state index contributed by atoms with van der Waals surface area (Å²) in [5.74, 6) is -1.01. The van der Waals surface area contributed by atoms with Gasteiger partial charge in [0.25, 0.3) is 0 Å². The molecule has 0 bridgehead atoms. The lowest BCUT2D eigenvalue weighted by Gasteiger charge is -2.08. The summed E-state index contributed by atoms with van der Waals surface area (Å²) in [4.78, 5) is 12.7. The predicted molar refractivity (Wildman–Crippen MR) is 86.0 cm³/mol. The number of rotatable bonds is 3. The molecule has 0 aliphatic carbocycles. The molecule has 0 aliphatic heterocycles. The van der Waals surface area contributed by atoms with Gasteiger partial charge in [0.15, 0.2) is 5.78 Å². The van der Waals surface area contributed by atoms with Crippen molar-refractivity contribution < 1.29 is 4.79 Å². The third kappa shape index (κ3) is 2.56. The first-order valence-corrected chi connectivity index (χ1v) is 7.62. The average molecular weight is 312 g/mol. The zero-order valence-corrected chi connectivity index (χ0v) is 12.5. The second-order valence-corrected chi connectivity index (χ2v) is 5.97. The second kappa shape index (κ2) is 5.69. The van der Waals surface area contributed by atoms with Crippen LogP contribution in [-0.4, -0.2) is 5.78 Å². The number of hydrogen-bond acceptors (Lipinski definition) is 3. The van der Waals surface area contributed by atoms with Gasteiger partial charge in [-0.3, -0.25) is 4.79 Å². The minimum atomic E-state index is -0.832. The van der Waals surface area contributed by atoms with Crippen molar-refractivity contribution in [2.45, 2.75) is 5.92 Å². The number of ketones is 1. The molecule has 0 fully saturated rings. The van der Waals surface area contributed by atoms with Crippen LogP contribution in [0.15, 0.2) is 53.9 Å². The van der Waals surface area contributed by atoms with Crippen LogP contribution < -0.4 is 0 Å². The molecule has 0 saturated carbocycles. The van der Waals surface area contributed by atoms with E-state index in [9.17, 15) is 10.1 Å². The van der Waals surface area contributed by atoms with Crippen LogP contribution in [0, 0.1) is 11.3 Å². The first-order valence-electron chi connectivity index (χ1n) is 6.36. The Kier molecular flexibility index (Phi) is 3.74. The van der Waals surface area contributed by atoms with Gasteiger partial charge < -0.3 is 0 Å². The molecule has 0 radical (unpaired) electrons. The Bertz CT molecular complexity index is 862. The summed E-state index contributed by atoms with van der Waals surface area (Å²) in [6.45, 7) is 0. The highest BCUT2D eigenvalue weighted by molar-refractivity contribution is 7.17. The standard InChI is InChI=1S/C17H10ClNOS/c18-12-5-3-4-11(8-12)14(9-19)17(20)15-10-21-16-7-2-1-6-13(15)16/h1-8,10,14H. The monoisotopic (exact) mass is 311 g/mol. The summed E-state index contributed by atoms with van der Waals surface area (Å²) in [5, 5.41) is 12.6. The second-order valence-electron chi connectivity index (χ2n) is 4.63. The first kappa shape index (κ1) is 13.8. The van der Waals surface area contributed by atoms with Crippen molar-refractivity contribution in [3.05, 3.63) is 70.1 Å². The predicted octanol–water partition coefficient (Wildman–Crippen LogP) is 5.04. The highest BCUT2D eigenvalue weighted by Crippen LogP contribution is 2.30. The van der Waals surface area contributed by atoms with E-state index < -0.39 is 5.92 Å². The van der Waals surface area contributed by atoms with E-state index in [0.717, 1.165) is 10.1 Å². The number of nitrogens with zero attached hydrogens (tertiary/aromatic N) is 1. The van der Waals surface area contributed by atoms with E-state index >= 15 is 0 Å². The molecule has 3 aromatic rings. The van der Waals surface area contributed by atoms with Crippen LogP contribution in [0.5, 0.6) is 0 Å². The third-order valence-electron chi connectivity index (χ3n) is 3.32. The van der Waals surface area contributed by atoms with Crippen LogP contribution >= 0.6 is 22.9 Å². The summed E-state index contributed by atoms with van der Waals surface area (Å²) in [6.07, 6.45) is 0. The molecular weight excluding hydrogens is 302 g/mol. The molecular formula is C17H10ClNOS. The van der Waals surface area contributed by atoms with Crippen LogP contribution in [0.4, 0.5) is 0 Å². The number of thiophene rings is 1. The Balaban J connectivity index is 2.06. The largest absolute Gasteiger partial charge is 0.292 e. The van der Waals surface area contributed by atoms with Crippen molar-refractivity contribution in [1.82, 2.24) is 0 Å². The number of carbonyl (C=O) groups is 1. The summed E-state index contributed by atoms with van der Waals surface area (Å²) in [7, 11) is 0. The molecule has 0 aliphatic rings. The Morgan fingerprint density at radius 1 is 1.19 bits per heavy atom. The van der Waals surface area contributed by atoms with Crippen LogP contribution in [0.25, 0.3) is 10.1 Å². The summed E-state index contributed by atoms with van der Waals surface area (Å²) in [6, 6.07) is 16.7. The molecule has 1 atom stereocenters. The topological polar surface area (TPSA) is 40.9 Å². The van der Waals surface area contributed by atoms with Gasteiger partial charge >= 0.3 is 0 Å². The van der Waals surface area contributed by atoms with Crippen molar-refractivity contribution in [2.24, 2.45) is 0 Å². The van der Waals surface area contributed by atoms with Crippen LogP contribution in [0.2, 0.25) is 5.02 Å². The number of Topliss-reactive ketones (excluding diaryl/α,β-unsaturated/α-hetero) is 1. The maximum atomic E-state index is 12.7. The van der Waals surface area contributed by atoms with Gasteiger partial charge in [-0.15, -0.1) is 11.3 Å². The normalized spacial score (nSPS) is 12.0. The van der Waals surface area contributed by atoms with Crippen molar-refractivity contribution in [3.63, 3.8) is 0 Å². The molecule has 0 amide bonds. The van der Waals surface area contributed by atoms with E-state index in [2.05, 4.69) is 6.07 Å². The SMILES string of the molecule is N#CC(C(=O)c1csc2ccccc12)c1cccc(Cl)c1. The lowest BCUT2D eigenvalue weighted by atomic mass is 9.92. The molecule has 1 unspecified atom stereocenters. The van der Waals surface area contributed by atoms with E-state index in [1.54, 1.807) is 24.3 Å². The smallest absolute Gasteiger partial charge is 0.185 e. The fourth-order valence-corrected chi connectivity index (χ4v) is 3.44. The lowest BCUT2D eigenvalue weighted by molar-refractivity contribution is 0.0981. The zero-order valence-electron chi connectivity index (χ0n) is 10.9. The Morgan fingerprint density at radius 3 is 2.76 bits per heavy atom. The van der Waals surface area contributed by atoms with Crippen molar-refractivity contribution >= 4 is 38.8 Å². The molecule has 4 heteroatoms. The van der Waals surface area contributed by atoms with Gasteiger partial charge in [-0.05, 0) is 23.8 Å². The van der Waals surface area contributed by atoms with E-state index in [0.29, 0.717) is 16.1 Å². The number of benzene rings is 2. The molecule has 3 rings (SSSR count). The number of halogens is 1. The fraction of sp³-hybridized carbons (Fsp3) is 0.0588. The first-order chi connectivity index (χ1) is 10.2. The van der Waals surface area contributed by atoms with Crippen molar-refractivity contribution in [2.75, 3.05) is 0 Å². The van der Waals surface area contributed by atoms with Gasteiger partial charge in [-0.25, -0.2) is 0 Å².